The van der Waals surface area contributed by atoms with E-state index < -0.39 is 0 Å². The molecule has 49 heavy (non-hydrogen) atoms. The van der Waals surface area contributed by atoms with E-state index in [9.17, 15) is 30.6 Å². The molecule has 0 aromatic heterocycles. The van der Waals surface area contributed by atoms with Gasteiger partial charge in [0, 0.05) is 0 Å². The second-order valence-corrected chi connectivity index (χ2v) is 10.9. The van der Waals surface area contributed by atoms with Gasteiger partial charge < -0.3 is 59.1 Å². The Morgan fingerprint density at radius 3 is 1.31 bits per heavy atom. The Labute approximate surface area is 284 Å². The fourth-order valence-corrected chi connectivity index (χ4v) is 5.87. The number of aliphatic hydroxyl groups excluding tert-OH is 6. The topological polar surface area (TPSA) is 177 Å². The highest BCUT2D eigenvalue weighted by Gasteiger charge is 2.28. The monoisotopic (exact) mass is 678 g/mol. The van der Waals surface area contributed by atoms with E-state index in [1.54, 1.807) is 24.3 Å². The Morgan fingerprint density at radius 1 is 0.429 bits per heavy atom. The van der Waals surface area contributed by atoms with E-state index in [4.69, 9.17) is 28.4 Å². The van der Waals surface area contributed by atoms with Crippen LogP contribution in [0.5, 0.6) is 34.5 Å². The Hall–Kier alpha value is -4.56. The summed E-state index contributed by atoms with van der Waals surface area (Å²) in [5.74, 6) is 1.54. The van der Waals surface area contributed by atoms with Gasteiger partial charge in [-0.25, -0.2) is 0 Å². The quantitative estimate of drug-likeness (QED) is 0.0711. The van der Waals surface area contributed by atoms with E-state index in [0.29, 0.717) is 17.5 Å². The van der Waals surface area contributed by atoms with Gasteiger partial charge >= 0.3 is 0 Å². The lowest BCUT2D eigenvalue weighted by Crippen LogP contribution is -2.10. The molecule has 0 unspecified atom stereocenters. The third kappa shape index (κ3) is 8.19. The summed E-state index contributed by atoms with van der Waals surface area (Å²) in [6.07, 6.45) is 0.622. The molecule has 12 heteroatoms. The van der Waals surface area contributed by atoms with Crippen molar-refractivity contribution < 1.29 is 59.1 Å². The van der Waals surface area contributed by atoms with E-state index in [1.807, 2.05) is 18.2 Å². The van der Waals surface area contributed by atoms with Crippen molar-refractivity contribution in [3.63, 3.8) is 0 Å². The number of fused-ring (bicyclic) bond motifs is 3. The number of benzene rings is 4. The third-order valence-electron chi connectivity index (χ3n) is 7.70. The summed E-state index contributed by atoms with van der Waals surface area (Å²) in [7, 11) is 0. The van der Waals surface area contributed by atoms with Crippen molar-refractivity contribution in [3.8, 4) is 67.9 Å². The number of hydrogen-bond acceptors (Lipinski definition) is 12. The van der Waals surface area contributed by atoms with Gasteiger partial charge in [-0.05, 0) is 75.2 Å². The van der Waals surface area contributed by atoms with Gasteiger partial charge in [0.25, 0.3) is 0 Å². The standard InChI is InChI=1S/C37H42O12/c38-7-13-44-31-20-25(21-32(45-14-8-39)36(31)48-17-11-42)28-5-6-29-27-4-2-1-3-24(27)19-30(29)35(28)26-22-33(46-15-9-40)37(49-18-12-43)34(23-26)47-16-10-41/h1-6,20-23,38-43H,7-19H2. The number of ether oxygens (including phenoxy) is 6. The van der Waals surface area contributed by atoms with E-state index in [1.165, 1.54) is 0 Å². The van der Waals surface area contributed by atoms with Crippen molar-refractivity contribution in [1.82, 2.24) is 0 Å². The third-order valence-corrected chi connectivity index (χ3v) is 7.70. The van der Waals surface area contributed by atoms with E-state index in [2.05, 4.69) is 18.2 Å². The van der Waals surface area contributed by atoms with Crippen LogP contribution in [0.4, 0.5) is 0 Å². The minimum absolute atomic E-state index is 0.0306. The molecule has 262 valence electrons. The molecule has 0 saturated heterocycles. The molecule has 12 nitrogen and oxygen atoms in total. The van der Waals surface area contributed by atoms with Crippen molar-refractivity contribution in [2.45, 2.75) is 6.42 Å². The predicted octanol–water partition coefficient (Wildman–Crippen LogP) is 2.82. The molecule has 0 heterocycles. The number of aliphatic hydroxyl groups is 6. The first-order chi connectivity index (χ1) is 24.1. The van der Waals surface area contributed by atoms with Crippen molar-refractivity contribution in [2.75, 3.05) is 79.3 Å². The minimum atomic E-state index is -0.255. The summed E-state index contributed by atoms with van der Waals surface area (Å²) in [4.78, 5) is 0. The molecule has 5 rings (SSSR count). The first kappa shape index (κ1) is 35.7. The van der Waals surface area contributed by atoms with Crippen molar-refractivity contribution in [3.05, 3.63) is 71.8 Å². The minimum Gasteiger partial charge on any atom is -0.487 e. The average molecular weight is 679 g/mol. The Balaban J connectivity index is 1.79. The van der Waals surface area contributed by atoms with Crippen LogP contribution in [0.15, 0.2) is 60.7 Å². The van der Waals surface area contributed by atoms with Crippen LogP contribution in [0, 0.1) is 0 Å². The van der Waals surface area contributed by atoms with Crippen LogP contribution in [-0.4, -0.2) is 110 Å². The second kappa shape index (κ2) is 17.7. The van der Waals surface area contributed by atoms with Crippen molar-refractivity contribution in [1.29, 1.82) is 0 Å². The highest BCUT2D eigenvalue weighted by atomic mass is 16.6. The summed E-state index contributed by atoms with van der Waals surface area (Å²) < 4.78 is 35.4. The lowest BCUT2D eigenvalue weighted by Gasteiger charge is -2.22. The highest BCUT2D eigenvalue weighted by Crippen LogP contribution is 2.51. The molecule has 0 spiro atoms. The van der Waals surface area contributed by atoms with E-state index >= 15 is 0 Å². The van der Waals surface area contributed by atoms with Gasteiger partial charge in [-0.1, -0.05) is 36.4 Å². The maximum absolute atomic E-state index is 9.61. The van der Waals surface area contributed by atoms with Gasteiger partial charge in [-0.3, -0.25) is 0 Å². The first-order valence-corrected chi connectivity index (χ1v) is 16.1. The zero-order chi connectivity index (χ0) is 34.6. The van der Waals surface area contributed by atoms with E-state index in [0.717, 1.165) is 33.4 Å². The molecule has 1 aliphatic rings. The molecule has 4 aromatic carbocycles. The van der Waals surface area contributed by atoms with Crippen LogP contribution in [0.25, 0.3) is 33.4 Å². The molecule has 6 N–H and O–H groups in total. The Bertz CT molecular complexity index is 1630. The van der Waals surface area contributed by atoms with Crippen LogP contribution in [0.2, 0.25) is 0 Å². The van der Waals surface area contributed by atoms with Crippen LogP contribution in [-0.2, 0) is 6.42 Å². The molecule has 0 atom stereocenters. The van der Waals surface area contributed by atoms with Crippen molar-refractivity contribution in [2.24, 2.45) is 0 Å². The molecule has 0 radical (unpaired) electrons. The fraction of sp³-hybridized carbons (Fsp3) is 0.351. The maximum Gasteiger partial charge on any atom is 0.203 e. The molecule has 0 fully saturated rings. The summed E-state index contributed by atoms with van der Waals surface area (Å²) in [5, 5.41) is 57.4. The zero-order valence-electron chi connectivity index (χ0n) is 27.1. The van der Waals surface area contributed by atoms with Crippen LogP contribution < -0.4 is 28.4 Å². The summed E-state index contributed by atoms with van der Waals surface area (Å²) >= 11 is 0. The van der Waals surface area contributed by atoms with Crippen molar-refractivity contribution >= 4 is 0 Å². The lowest BCUT2D eigenvalue weighted by atomic mass is 9.87. The van der Waals surface area contributed by atoms with Crippen LogP contribution in [0.1, 0.15) is 11.1 Å². The van der Waals surface area contributed by atoms with Gasteiger partial charge in [0.2, 0.25) is 11.5 Å². The summed E-state index contributed by atoms with van der Waals surface area (Å²) in [5.41, 5.74) is 7.29. The molecule has 0 bridgehead atoms. The van der Waals surface area contributed by atoms with Gasteiger partial charge in [0.1, 0.15) is 39.6 Å². The first-order valence-electron chi connectivity index (χ1n) is 16.1. The Kier molecular flexibility index (Phi) is 12.9. The molecular formula is C37H42O12. The average Bonchev–Trinajstić information content (AvgIpc) is 3.51. The highest BCUT2D eigenvalue weighted by molar-refractivity contribution is 5.95. The molecule has 0 saturated carbocycles. The number of rotatable bonds is 20. The largest absolute Gasteiger partial charge is 0.487 e. The molecule has 1 aliphatic carbocycles. The summed E-state index contributed by atoms with van der Waals surface area (Å²) in [6.45, 7) is -1.72. The number of hydrogen-bond donors (Lipinski definition) is 6. The zero-order valence-corrected chi connectivity index (χ0v) is 27.1. The fourth-order valence-electron chi connectivity index (χ4n) is 5.87. The normalized spacial score (nSPS) is 11.6. The Morgan fingerprint density at radius 2 is 0.837 bits per heavy atom. The predicted molar refractivity (Wildman–Crippen MR) is 181 cm³/mol. The van der Waals surface area contributed by atoms with Gasteiger partial charge in [-0.15, -0.1) is 0 Å². The summed E-state index contributed by atoms with van der Waals surface area (Å²) in [6, 6.07) is 19.3. The van der Waals surface area contributed by atoms with Crippen LogP contribution in [0.3, 0.4) is 0 Å². The van der Waals surface area contributed by atoms with Gasteiger partial charge in [-0.2, -0.15) is 0 Å². The second-order valence-electron chi connectivity index (χ2n) is 10.9. The van der Waals surface area contributed by atoms with E-state index in [-0.39, 0.29) is 114 Å². The molecule has 0 aliphatic heterocycles. The SMILES string of the molecule is OCCOc1cc(-c2ccc3c(c2-c2cc(OCCO)c(OCCO)c(OCCO)c2)Cc2ccccc2-3)cc(OCCO)c1OCCO. The smallest absolute Gasteiger partial charge is 0.203 e. The molecular weight excluding hydrogens is 636 g/mol. The molecule has 4 aromatic rings. The lowest BCUT2D eigenvalue weighted by molar-refractivity contribution is 0.164. The van der Waals surface area contributed by atoms with Gasteiger partial charge in [0.15, 0.2) is 23.0 Å². The van der Waals surface area contributed by atoms with Gasteiger partial charge in [0.05, 0.1) is 39.6 Å². The maximum atomic E-state index is 9.61. The molecule has 0 amide bonds. The van der Waals surface area contributed by atoms with Crippen LogP contribution >= 0.6 is 0 Å².